The number of nitrogens with one attached hydrogen (secondary N) is 2. The maximum Gasteiger partial charge on any atom is 0.234 e. The lowest BCUT2D eigenvalue weighted by atomic mass is 9.96. The van der Waals surface area contributed by atoms with E-state index in [0.717, 1.165) is 0 Å². The minimum Gasteiger partial charge on any atom is -0.352 e. The molecule has 0 spiro atoms. The molecule has 1 fully saturated rings. The van der Waals surface area contributed by atoms with Crippen LogP contribution in [0.5, 0.6) is 0 Å². The summed E-state index contributed by atoms with van der Waals surface area (Å²) < 4.78 is 0. The number of amides is 1. The van der Waals surface area contributed by atoms with Gasteiger partial charge in [0.2, 0.25) is 5.91 Å². The van der Waals surface area contributed by atoms with E-state index in [2.05, 4.69) is 24.1 Å². The Bertz CT molecular complexity index is 238. The number of hydrogen-bond donors (Lipinski definition) is 3. The second-order valence-corrected chi connectivity index (χ2v) is 4.34. The summed E-state index contributed by atoms with van der Waals surface area (Å²) >= 11 is 0. The third-order valence-corrected chi connectivity index (χ3v) is 3.00. The average molecular weight is 211 g/mol. The van der Waals surface area contributed by atoms with Gasteiger partial charge in [0, 0.05) is 18.6 Å². The molecular weight excluding hydrogens is 190 g/mol. The Morgan fingerprint density at radius 1 is 1.67 bits per heavy atom. The maximum atomic E-state index is 11.3. The van der Waals surface area contributed by atoms with Crippen LogP contribution < -0.4 is 16.4 Å². The summed E-state index contributed by atoms with van der Waals surface area (Å²) in [5.74, 6) is 0.630. The van der Waals surface area contributed by atoms with Gasteiger partial charge in [0.25, 0.3) is 0 Å². The Kier molecular flexibility index (Phi) is 4.29. The molecule has 1 rings (SSSR count). The van der Waals surface area contributed by atoms with Crippen LogP contribution in [0.3, 0.4) is 0 Å². The van der Waals surface area contributed by atoms with Gasteiger partial charge in [0.15, 0.2) is 0 Å². The van der Waals surface area contributed by atoms with Crippen LogP contribution in [0.1, 0.15) is 19.8 Å². The van der Waals surface area contributed by atoms with Crippen LogP contribution in [0.25, 0.3) is 0 Å². The van der Waals surface area contributed by atoms with Gasteiger partial charge in [-0.3, -0.25) is 4.79 Å². The number of carbonyl (C=O) groups is 1. The molecule has 1 saturated carbocycles. The van der Waals surface area contributed by atoms with Gasteiger partial charge in [-0.25, -0.2) is 0 Å². The van der Waals surface area contributed by atoms with Gasteiger partial charge in [-0.05, 0) is 25.7 Å². The van der Waals surface area contributed by atoms with Crippen LogP contribution in [-0.4, -0.2) is 31.1 Å². The molecule has 4 heteroatoms. The largest absolute Gasteiger partial charge is 0.352 e. The van der Waals surface area contributed by atoms with E-state index in [9.17, 15) is 4.79 Å². The lowest BCUT2D eigenvalue weighted by molar-refractivity contribution is -0.120. The zero-order chi connectivity index (χ0) is 11.3. The fraction of sp³-hybridized carbons (Fsp3) is 0.727. The first-order chi connectivity index (χ1) is 7.12. The standard InChI is InChI=1S/C11H21N3O/c1-3-6-13-10(15)7-14-11(2,8-12)9-4-5-9/h3,9,14H,1,4-8,12H2,2H3,(H,13,15). The summed E-state index contributed by atoms with van der Waals surface area (Å²) in [4.78, 5) is 11.3. The molecule has 0 aliphatic heterocycles. The van der Waals surface area contributed by atoms with E-state index in [1.165, 1.54) is 12.8 Å². The molecule has 1 amide bonds. The topological polar surface area (TPSA) is 67.2 Å². The Balaban J connectivity index is 2.27. The van der Waals surface area contributed by atoms with Crippen molar-refractivity contribution in [1.82, 2.24) is 10.6 Å². The quantitative estimate of drug-likeness (QED) is 0.519. The number of nitrogens with two attached hydrogens (primary N) is 1. The molecule has 0 aromatic carbocycles. The van der Waals surface area contributed by atoms with Crippen LogP contribution in [0.15, 0.2) is 12.7 Å². The molecule has 0 heterocycles. The highest BCUT2D eigenvalue weighted by Gasteiger charge is 2.40. The zero-order valence-corrected chi connectivity index (χ0v) is 9.38. The van der Waals surface area contributed by atoms with Crippen molar-refractivity contribution in [2.75, 3.05) is 19.6 Å². The fourth-order valence-corrected chi connectivity index (χ4v) is 1.63. The van der Waals surface area contributed by atoms with Gasteiger partial charge in [-0.1, -0.05) is 6.08 Å². The fourth-order valence-electron chi connectivity index (χ4n) is 1.63. The predicted octanol–water partition coefficient (Wildman–Crippen LogP) is 0.00560. The molecule has 0 aromatic rings. The molecule has 4 N–H and O–H groups in total. The highest BCUT2D eigenvalue weighted by Crippen LogP contribution is 2.38. The van der Waals surface area contributed by atoms with E-state index in [4.69, 9.17) is 5.73 Å². The average Bonchev–Trinajstić information content (AvgIpc) is 3.06. The van der Waals surface area contributed by atoms with Crippen molar-refractivity contribution in [3.63, 3.8) is 0 Å². The first kappa shape index (κ1) is 12.2. The molecule has 1 unspecified atom stereocenters. The van der Waals surface area contributed by atoms with Crippen LogP contribution >= 0.6 is 0 Å². The smallest absolute Gasteiger partial charge is 0.234 e. The van der Waals surface area contributed by atoms with E-state index in [-0.39, 0.29) is 11.4 Å². The number of carbonyl (C=O) groups excluding carboxylic acids is 1. The van der Waals surface area contributed by atoms with Crippen molar-refractivity contribution in [3.8, 4) is 0 Å². The summed E-state index contributed by atoms with van der Waals surface area (Å²) in [6.07, 6.45) is 4.10. The molecule has 1 aliphatic rings. The van der Waals surface area contributed by atoms with Crippen molar-refractivity contribution in [2.24, 2.45) is 11.7 Å². The second kappa shape index (κ2) is 5.28. The molecule has 0 bridgehead atoms. The summed E-state index contributed by atoms with van der Waals surface area (Å²) in [7, 11) is 0. The third-order valence-electron chi connectivity index (χ3n) is 3.00. The Labute approximate surface area is 91.3 Å². The highest BCUT2D eigenvalue weighted by molar-refractivity contribution is 5.78. The van der Waals surface area contributed by atoms with Crippen molar-refractivity contribution >= 4 is 5.91 Å². The van der Waals surface area contributed by atoms with E-state index in [0.29, 0.717) is 25.6 Å². The first-order valence-electron chi connectivity index (χ1n) is 5.45. The lowest BCUT2D eigenvalue weighted by Gasteiger charge is -2.29. The molecule has 86 valence electrons. The van der Waals surface area contributed by atoms with Gasteiger partial charge in [0.1, 0.15) is 0 Å². The minimum atomic E-state index is -0.0779. The first-order valence-corrected chi connectivity index (χ1v) is 5.45. The van der Waals surface area contributed by atoms with Gasteiger partial charge in [-0.2, -0.15) is 0 Å². The molecule has 0 saturated heterocycles. The third kappa shape index (κ3) is 3.64. The van der Waals surface area contributed by atoms with Crippen LogP contribution in [0.4, 0.5) is 0 Å². The van der Waals surface area contributed by atoms with Crippen LogP contribution in [0, 0.1) is 5.92 Å². The summed E-state index contributed by atoms with van der Waals surface area (Å²) in [5, 5.41) is 5.97. The predicted molar refractivity (Wildman–Crippen MR) is 61.4 cm³/mol. The van der Waals surface area contributed by atoms with Crippen molar-refractivity contribution in [2.45, 2.75) is 25.3 Å². The number of rotatable bonds is 7. The Hall–Kier alpha value is -0.870. The minimum absolute atomic E-state index is 0.00442. The lowest BCUT2D eigenvalue weighted by Crippen LogP contribution is -2.53. The van der Waals surface area contributed by atoms with E-state index < -0.39 is 0 Å². The molecule has 1 aliphatic carbocycles. The summed E-state index contributed by atoms with van der Waals surface area (Å²) in [6.45, 7) is 7.05. The molecule has 1 atom stereocenters. The van der Waals surface area contributed by atoms with Crippen molar-refractivity contribution in [1.29, 1.82) is 0 Å². The monoisotopic (exact) mass is 211 g/mol. The SMILES string of the molecule is C=CCNC(=O)CNC(C)(CN)C1CC1. The van der Waals surface area contributed by atoms with Gasteiger partial charge >= 0.3 is 0 Å². The van der Waals surface area contributed by atoms with Crippen LogP contribution in [0.2, 0.25) is 0 Å². The van der Waals surface area contributed by atoms with E-state index in [1.54, 1.807) is 6.08 Å². The normalized spacial score (nSPS) is 19.3. The molecule has 4 nitrogen and oxygen atoms in total. The zero-order valence-electron chi connectivity index (χ0n) is 9.38. The molecule has 0 aromatic heterocycles. The molecule has 0 radical (unpaired) electrons. The Morgan fingerprint density at radius 2 is 2.33 bits per heavy atom. The van der Waals surface area contributed by atoms with E-state index >= 15 is 0 Å². The maximum absolute atomic E-state index is 11.3. The van der Waals surface area contributed by atoms with Crippen LogP contribution in [-0.2, 0) is 4.79 Å². The second-order valence-electron chi connectivity index (χ2n) is 4.34. The van der Waals surface area contributed by atoms with Crippen molar-refractivity contribution < 1.29 is 4.79 Å². The number of hydrogen-bond acceptors (Lipinski definition) is 3. The van der Waals surface area contributed by atoms with Gasteiger partial charge < -0.3 is 16.4 Å². The van der Waals surface area contributed by atoms with Gasteiger partial charge in [-0.15, -0.1) is 6.58 Å². The molecule has 15 heavy (non-hydrogen) atoms. The highest BCUT2D eigenvalue weighted by atomic mass is 16.1. The van der Waals surface area contributed by atoms with Crippen molar-refractivity contribution in [3.05, 3.63) is 12.7 Å². The molecular formula is C11H21N3O. The van der Waals surface area contributed by atoms with E-state index in [1.807, 2.05) is 0 Å². The van der Waals surface area contributed by atoms with Gasteiger partial charge in [0.05, 0.1) is 6.54 Å². The summed E-state index contributed by atoms with van der Waals surface area (Å²) in [6, 6.07) is 0. The summed E-state index contributed by atoms with van der Waals surface area (Å²) in [5.41, 5.74) is 5.65. The Morgan fingerprint density at radius 3 is 2.80 bits per heavy atom.